The number of carbonyl (C=O) groups is 3. The largest absolute Gasteiger partial charge is 0.452 e. The lowest BCUT2D eigenvalue weighted by Crippen LogP contribution is -2.38. The third-order valence-electron chi connectivity index (χ3n) is 3.56. The third-order valence-corrected chi connectivity index (χ3v) is 3.81. The SMILES string of the molecule is C[C@@H](OC(=O)C[C@@H](NC(N)=O)c1ccc(Cl)cc1)C(=O)NC1CC1. The Morgan fingerprint density at radius 1 is 1.29 bits per heavy atom. The third kappa shape index (κ3) is 5.73. The van der Waals surface area contributed by atoms with E-state index in [1.807, 2.05) is 0 Å². The van der Waals surface area contributed by atoms with Gasteiger partial charge in [-0.15, -0.1) is 0 Å². The average molecular weight is 354 g/mol. The van der Waals surface area contributed by atoms with Crippen molar-refractivity contribution in [1.82, 2.24) is 10.6 Å². The number of rotatable bonds is 7. The molecule has 7 nitrogen and oxygen atoms in total. The highest BCUT2D eigenvalue weighted by atomic mass is 35.5. The van der Waals surface area contributed by atoms with Crippen LogP contribution in [0.25, 0.3) is 0 Å². The van der Waals surface area contributed by atoms with Gasteiger partial charge in [0.15, 0.2) is 6.10 Å². The molecule has 0 aromatic heterocycles. The molecule has 0 saturated heterocycles. The summed E-state index contributed by atoms with van der Waals surface area (Å²) in [6.07, 6.45) is 0.866. The summed E-state index contributed by atoms with van der Waals surface area (Å²) in [5.41, 5.74) is 5.81. The number of nitrogens with one attached hydrogen (secondary N) is 2. The summed E-state index contributed by atoms with van der Waals surface area (Å²) in [4.78, 5) is 35.0. The molecule has 1 aliphatic rings. The molecular formula is C16H20ClN3O4. The minimum atomic E-state index is -0.891. The highest BCUT2D eigenvalue weighted by Gasteiger charge is 2.28. The molecule has 0 radical (unpaired) electrons. The van der Waals surface area contributed by atoms with Crippen LogP contribution in [0.1, 0.15) is 37.8 Å². The van der Waals surface area contributed by atoms with Crippen LogP contribution in [-0.2, 0) is 14.3 Å². The Balaban J connectivity index is 1.94. The van der Waals surface area contributed by atoms with Gasteiger partial charge in [-0.1, -0.05) is 23.7 Å². The summed E-state index contributed by atoms with van der Waals surface area (Å²) in [7, 11) is 0. The van der Waals surface area contributed by atoms with Crippen molar-refractivity contribution in [3.63, 3.8) is 0 Å². The maximum Gasteiger partial charge on any atom is 0.312 e. The number of hydrogen-bond acceptors (Lipinski definition) is 4. The van der Waals surface area contributed by atoms with Gasteiger partial charge in [0.2, 0.25) is 0 Å². The number of carbonyl (C=O) groups excluding carboxylic acids is 3. The molecule has 1 aromatic rings. The normalized spacial score (nSPS) is 15.9. The van der Waals surface area contributed by atoms with Crippen LogP contribution >= 0.6 is 11.6 Å². The second kappa shape index (κ2) is 8.01. The molecule has 0 spiro atoms. The Morgan fingerprint density at radius 3 is 2.46 bits per heavy atom. The number of ether oxygens (including phenoxy) is 1. The second-order valence-corrected chi connectivity index (χ2v) is 6.17. The molecule has 130 valence electrons. The minimum Gasteiger partial charge on any atom is -0.452 e. The Hall–Kier alpha value is -2.28. The maximum atomic E-state index is 12.1. The number of hydrogen-bond donors (Lipinski definition) is 3. The van der Waals surface area contributed by atoms with E-state index >= 15 is 0 Å². The Bertz CT molecular complexity index is 616. The van der Waals surface area contributed by atoms with E-state index in [1.165, 1.54) is 6.92 Å². The molecule has 0 unspecified atom stereocenters. The van der Waals surface area contributed by atoms with Crippen molar-refractivity contribution in [3.05, 3.63) is 34.9 Å². The predicted octanol–water partition coefficient (Wildman–Crippen LogP) is 1.65. The van der Waals surface area contributed by atoms with Gasteiger partial charge in [0.05, 0.1) is 12.5 Å². The van der Waals surface area contributed by atoms with Crippen LogP contribution in [0.4, 0.5) is 4.79 Å². The van der Waals surface area contributed by atoms with E-state index in [0.717, 1.165) is 12.8 Å². The first-order valence-electron chi connectivity index (χ1n) is 7.66. The molecular weight excluding hydrogens is 334 g/mol. The predicted molar refractivity (Wildman–Crippen MR) is 88.2 cm³/mol. The lowest BCUT2D eigenvalue weighted by Gasteiger charge is -2.19. The van der Waals surface area contributed by atoms with Gasteiger partial charge in [0.1, 0.15) is 0 Å². The van der Waals surface area contributed by atoms with Crippen LogP contribution in [0.2, 0.25) is 5.02 Å². The first-order chi connectivity index (χ1) is 11.3. The molecule has 24 heavy (non-hydrogen) atoms. The standard InChI is InChI=1S/C16H20ClN3O4/c1-9(15(22)19-12-6-7-12)24-14(21)8-13(20-16(18)23)10-2-4-11(17)5-3-10/h2-5,9,12-13H,6-8H2,1H3,(H,19,22)(H3,18,20,23)/t9-,13-/m1/s1. The molecule has 4 N–H and O–H groups in total. The maximum absolute atomic E-state index is 12.1. The lowest BCUT2D eigenvalue weighted by atomic mass is 10.0. The molecule has 1 fully saturated rings. The molecule has 3 amide bonds. The summed E-state index contributed by atoms with van der Waals surface area (Å²) in [6, 6.07) is 5.41. The van der Waals surface area contributed by atoms with Crippen molar-refractivity contribution < 1.29 is 19.1 Å². The number of amides is 3. The zero-order chi connectivity index (χ0) is 17.7. The molecule has 2 rings (SSSR count). The molecule has 0 bridgehead atoms. The van der Waals surface area contributed by atoms with Crippen LogP contribution in [0.3, 0.4) is 0 Å². The van der Waals surface area contributed by atoms with Crippen LogP contribution in [0.5, 0.6) is 0 Å². The number of halogens is 1. The summed E-state index contributed by atoms with van der Waals surface area (Å²) >= 11 is 5.83. The Kier molecular flexibility index (Phi) is 6.03. The van der Waals surface area contributed by atoms with Crippen LogP contribution < -0.4 is 16.4 Å². The second-order valence-electron chi connectivity index (χ2n) is 5.73. The van der Waals surface area contributed by atoms with Crippen molar-refractivity contribution in [2.75, 3.05) is 0 Å². The fourth-order valence-electron chi connectivity index (χ4n) is 2.13. The molecule has 8 heteroatoms. The van der Waals surface area contributed by atoms with E-state index in [0.29, 0.717) is 10.6 Å². The van der Waals surface area contributed by atoms with Gasteiger partial charge in [-0.2, -0.15) is 0 Å². The van der Waals surface area contributed by atoms with Crippen molar-refractivity contribution in [1.29, 1.82) is 0 Å². The van der Waals surface area contributed by atoms with Gasteiger partial charge in [0.25, 0.3) is 5.91 Å². The topological polar surface area (TPSA) is 111 Å². The molecule has 1 saturated carbocycles. The van der Waals surface area contributed by atoms with Crippen molar-refractivity contribution in [2.45, 2.75) is 44.4 Å². The average Bonchev–Trinajstić information content (AvgIpc) is 3.30. The number of primary amides is 1. The van der Waals surface area contributed by atoms with Gasteiger partial charge in [-0.3, -0.25) is 9.59 Å². The van der Waals surface area contributed by atoms with Crippen LogP contribution in [0.15, 0.2) is 24.3 Å². The van der Waals surface area contributed by atoms with E-state index in [2.05, 4.69) is 10.6 Å². The van der Waals surface area contributed by atoms with Crippen molar-refractivity contribution >= 4 is 29.5 Å². The van der Waals surface area contributed by atoms with Gasteiger partial charge < -0.3 is 21.1 Å². The molecule has 0 aliphatic heterocycles. The number of nitrogens with two attached hydrogens (primary N) is 1. The summed E-state index contributed by atoms with van der Waals surface area (Å²) < 4.78 is 5.13. The first-order valence-corrected chi connectivity index (χ1v) is 8.04. The zero-order valence-electron chi connectivity index (χ0n) is 13.3. The fraction of sp³-hybridized carbons (Fsp3) is 0.438. The van der Waals surface area contributed by atoms with E-state index in [9.17, 15) is 14.4 Å². The zero-order valence-corrected chi connectivity index (χ0v) is 14.0. The van der Waals surface area contributed by atoms with E-state index in [4.69, 9.17) is 22.1 Å². The Morgan fingerprint density at radius 2 is 1.92 bits per heavy atom. The van der Waals surface area contributed by atoms with E-state index in [1.54, 1.807) is 24.3 Å². The van der Waals surface area contributed by atoms with Gasteiger partial charge >= 0.3 is 12.0 Å². The highest BCUT2D eigenvalue weighted by molar-refractivity contribution is 6.30. The van der Waals surface area contributed by atoms with Crippen molar-refractivity contribution in [2.24, 2.45) is 5.73 Å². The summed E-state index contributed by atoms with van der Waals surface area (Å²) in [6.45, 7) is 1.51. The fourth-order valence-corrected chi connectivity index (χ4v) is 2.26. The van der Waals surface area contributed by atoms with Crippen LogP contribution in [-0.4, -0.2) is 30.1 Å². The highest BCUT2D eigenvalue weighted by Crippen LogP contribution is 2.21. The smallest absolute Gasteiger partial charge is 0.312 e. The molecule has 2 atom stereocenters. The molecule has 1 aliphatic carbocycles. The number of benzene rings is 1. The van der Waals surface area contributed by atoms with Gasteiger partial charge in [0, 0.05) is 11.1 Å². The van der Waals surface area contributed by atoms with Crippen LogP contribution in [0, 0.1) is 0 Å². The Labute approximate surface area is 144 Å². The first kappa shape index (κ1) is 18.1. The number of esters is 1. The van der Waals surface area contributed by atoms with E-state index in [-0.39, 0.29) is 18.4 Å². The van der Waals surface area contributed by atoms with Gasteiger partial charge in [-0.25, -0.2) is 4.79 Å². The summed E-state index contributed by atoms with van der Waals surface area (Å²) in [5, 5.41) is 5.78. The van der Waals surface area contributed by atoms with Crippen molar-refractivity contribution in [3.8, 4) is 0 Å². The summed E-state index contributed by atoms with van der Waals surface area (Å²) in [5.74, 6) is -0.932. The number of urea groups is 1. The molecule has 1 aromatic carbocycles. The minimum absolute atomic E-state index is 0.147. The monoisotopic (exact) mass is 353 g/mol. The van der Waals surface area contributed by atoms with E-state index < -0.39 is 24.1 Å². The quantitative estimate of drug-likeness (QED) is 0.647. The van der Waals surface area contributed by atoms with Gasteiger partial charge in [-0.05, 0) is 37.5 Å². The molecule has 0 heterocycles. The lowest BCUT2D eigenvalue weighted by molar-refractivity contribution is -0.155.